The van der Waals surface area contributed by atoms with Crippen LogP contribution in [0.1, 0.15) is 67.2 Å². The third-order valence-electron chi connectivity index (χ3n) is 2.62. The van der Waals surface area contributed by atoms with Gasteiger partial charge in [0, 0.05) is 13.0 Å². The van der Waals surface area contributed by atoms with Gasteiger partial charge in [0.25, 0.3) is 0 Å². The molecule has 1 atom stereocenters. The molecule has 0 saturated carbocycles. The molecule has 104 valence electrons. The van der Waals surface area contributed by atoms with Crippen LogP contribution in [0, 0.1) is 5.92 Å². The number of hydrogen-bond donors (Lipinski definition) is 1. The lowest BCUT2D eigenvalue weighted by atomic mass is 9.93. The summed E-state index contributed by atoms with van der Waals surface area (Å²) in [7, 11) is 0. The van der Waals surface area contributed by atoms with Gasteiger partial charge in [-0.3, -0.25) is 0 Å². The van der Waals surface area contributed by atoms with Crippen molar-refractivity contribution in [3.8, 4) is 0 Å². The SMILES string of the molecule is CC(C)CCCC(C)(CCO)OOC(C)(C)C. The Morgan fingerprint density at radius 1 is 1.00 bits per heavy atom. The highest BCUT2D eigenvalue weighted by atomic mass is 17.2. The highest BCUT2D eigenvalue weighted by Gasteiger charge is 2.28. The Bertz CT molecular complexity index is 196. The molecule has 0 aliphatic rings. The largest absolute Gasteiger partial charge is 0.396 e. The Balaban J connectivity index is 4.15. The summed E-state index contributed by atoms with van der Waals surface area (Å²) in [5.41, 5.74) is -0.689. The second kappa shape index (κ2) is 7.34. The van der Waals surface area contributed by atoms with E-state index in [0.29, 0.717) is 12.3 Å². The second-order valence-electron chi connectivity index (χ2n) is 6.49. The van der Waals surface area contributed by atoms with E-state index in [0.717, 1.165) is 12.8 Å². The minimum atomic E-state index is -0.378. The fourth-order valence-electron chi connectivity index (χ4n) is 1.55. The molecule has 0 radical (unpaired) electrons. The number of aliphatic hydroxyl groups is 1. The first kappa shape index (κ1) is 16.9. The molecule has 0 aliphatic heterocycles. The number of rotatable bonds is 8. The molecule has 0 aromatic carbocycles. The molecule has 1 N–H and O–H groups in total. The van der Waals surface area contributed by atoms with Crippen molar-refractivity contribution < 1.29 is 14.9 Å². The molecule has 0 aromatic rings. The summed E-state index contributed by atoms with van der Waals surface area (Å²) < 4.78 is 0. The van der Waals surface area contributed by atoms with E-state index in [1.54, 1.807) is 0 Å². The monoisotopic (exact) mass is 246 g/mol. The van der Waals surface area contributed by atoms with Crippen LogP contribution < -0.4 is 0 Å². The van der Waals surface area contributed by atoms with E-state index in [1.807, 2.05) is 27.7 Å². The van der Waals surface area contributed by atoms with Gasteiger partial charge >= 0.3 is 0 Å². The highest BCUT2D eigenvalue weighted by Crippen LogP contribution is 2.26. The summed E-state index contributed by atoms with van der Waals surface area (Å²) in [5.74, 6) is 0.705. The molecule has 0 spiro atoms. The van der Waals surface area contributed by atoms with Gasteiger partial charge in [-0.25, -0.2) is 9.78 Å². The Morgan fingerprint density at radius 2 is 1.59 bits per heavy atom. The predicted molar refractivity (Wildman–Crippen MR) is 70.7 cm³/mol. The Labute approximate surface area is 106 Å². The van der Waals surface area contributed by atoms with Gasteiger partial charge in [0.05, 0.1) is 5.60 Å². The van der Waals surface area contributed by atoms with E-state index in [1.165, 1.54) is 6.42 Å². The lowest BCUT2D eigenvalue weighted by molar-refractivity contribution is -0.403. The minimum Gasteiger partial charge on any atom is -0.396 e. The van der Waals surface area contributed by atoms with Crippen molar-refractivity contribution in [2.45, 2.75) is 78.4 Å². The summed E-state index contributed by atoms with van der Waals surface area (Å²) in [6.45, 7) is 12.5. The highest BCUT2D eigenvalue weighted by molar-refractivity contribution is 4.74. The molecule has 3 nitrogen and oxygen atoms in total. The average molecular weight is 246 g/mol. The molecule has 17 heavy (non-hydrogen) atoms. The van der Waals surface area contributed by atoms with Gasteiger partial charge in [-0.05, 0) is 40.0 Å². The lowest BCUT2D eigenvalue weighted by Gasteiger charge is -2.31. The van der Waals surface area contributed by atoms with E-state index in [-0.39, 0.29) is 17.8 Å². The minimum absolute atomic E-state index is 0.131. The van der Waals surface area contributed by atoms with Crippen LogP contribution in [-0.4, -0.2) is 22.9 Å². The van der Waals surface area contributed by atoms with Gasteiger partial charge in [-0.1, -0.05) is 26.7 Å². The number of hydrogen-bond acceptors (Lipinski definition) is 3. The molecule has 0 aromatic heterocycles. The molecular weight excluding hydrogens is 216 g/mol. The summed E-state index contributed by atoms with van der Waals surface area (Å²) in [4.78, 5) is 10.9. The molecule has 0 saturated heterocycles. The zero-order valence-corrected chi connectivity index (χ0v) is 12.4. The lowest BCUT2D eigenvalue weighted by Crippen LogP contribution is -2.34. The van der Waals surface area contributed by atoms with Crippen molar-refractivity contribution in [3.63, 3.8) is 0 Å². The zero-order chi connectivity index (χ0) is 13.5. The van der Waals surface area contributed by atoms with E-state index in [2.05, 4.69) is 13.8 Å². The van der Waals surface area contributed by atoms with Crippen molar-refractivity contribution in [1.82, 2.24) is 0 Å². The van der Waals surface area contributed by atoms with Crippen molar-refractivity contribution in [1.29, 1.82) is 0 Å². The molecule has 0 aliphatic carbocycles. The molecule has 0 bridgehead atoms. The molecule has 0 rings (SSSR count). The van der Waals surface area contributed by atoms with Crippen LogP contribution in [0.4, 0.5) is 0 Å². The van der Waals surface area contributed by atoms with Crippen molar-refractivity contribution in [2.24, 2.45) is 5.92 Å². The number of aliphatic hydroxyl groups excluding tert-OH is 1. The third-order valence-corrected chi connectivity index (χ3v) is 2.62. The van der Waals surface area contributed by atoms with Crippen LogP contribution in [0.5, 0.6) is 0 Å². The van der Waals surface area contributed by atoms with Gasteiger partial charge in [0.15, 0.2) is 0 Å². The van der Waals surface area contributed by atoms with Crippen molar-refractivity contribution >= 4 is 0 Å². The summed E-state index contributed by atoms with van der Waals surface area (Å²) in [6.07, 6.45) is 3.81. The van der Waals surface area contributed by atoms with E-state index in [9.17, 15) is 0 Å². The molecular formula is C14H30O3. The summed E-state index contributed by atoms with van der Waals surface area (Å²) >= 11 is 0. The second-order valence-corrected chi connectivity index (χ2v) is 6.49. The zero-order valence-electron chi connectivity index (χ0n) is 12.4. The maximum atomic E-state index is 9.10. The van der Waals surface area contributed by atoms with Crippen molar-refractivity contribution in [3.05, 3.63) is 0 Å². The molecule has 0 heterocycles. The van der Waals surface area contributed by atoms with Gasteiger partial charge in [-0.2, -0.15) is 0 Å². The first-order valence-corrected chi connectivity index (χ1v) is 6.66. The molecule has 0 amide bonds. The Morgan fingerprint density at radius 3 is 2.00 bits per heavy atom. The van der Waals surface area contributed by atoms with E-state index < -0.39 is 0 Å². The smallest absolute Gasteiger partial charge is 0.103 e. The molecule has 0 fully saturated rings. The summed E-state index contributed by atoms with van der Waals surface area (Å²) in [6, 6.07) is 0. The quantitative estimate of drug-likeness (QED) is 0.524. The summed E-state index contributed by atoms with van der Waals surface area (Å²) in [5, 5.41) is 9.10. The van der Waals surface area contributed by atoms with Gasteiger partial charge in [0.1, 0.15) is 5.60 Å². The van der Waals surface area contributed by atoms with Crippen LogP contribution in [0.15, 0.2) is 0 Å². The van der Waals surface area contributed by atoms with Crippen LogP contribution in [0.2, 0.25) is 0 Å². The van der Waals surface area contributed by atoms with Gasteiger partial charge < -0.3 is 5.11 Å². The van der Waals surface area contributed by atoms with Crippen LogP contribution in [0.3, 0.4) is 0 Å². The molecule has 1 unspecified atom stereocenters. The average Bonchev–Trinajstić information content (AvgIpc) is 2.14. The fourth-order valence-corrected chi connectivity index (χ4v) is 1.55. The maximum Gasteiger partial charge on any atom is 0.103 e. The van der Waals surface area contributed by atoms with Crippen LogP contribution in [0.25, 0.3) is 0 Å². The standard InChI is InChI=1S/C14H30O3/c1-12(2)8-7-9-14(6,10-11-15)17-16-13(3,4)5/h12,15H,7-11H2,1-6H3. The first-order valence-electron chi connectivity index (χ1n) is 6.66. The Hall–Kier alpha value is -0.120. The predicted octanol–water partition coefficient (Wildman–Crippen LogP) is 3.70. The maximum absolute atomic E-state index is 9.10. The first-order chi connectivity index (χ1) is 7.68. The normalized spacial score (nSPS) is 16.2. The Kier molecular flexibility index (Phi) is 7.29. The van der Waals surface area contributed by atoms with Gasteiger partial charge in [-0.15, -0.1) is 0 Å². The fraction of sp³-hybridized carbons (Fsp3) is 1.00. The van der Waals surface area contributed by atoms with E-state index in [4.69, 9.17) is 14.9 Å². The topological polar surface area (TPSA) is 38.7 Å². The van der Waals surface area contributed by atoms with Crippen LogP contribution in [-0.2, 0) is 9.78 Å². The van der Waals surface area contributed by atoms with Crippen LogP contribution >= 0.6 is 0 Å². The van der Waals surface area contributed by atoms with Gasteiger partial charge in [0.2, 0.25) is 0 Å². The molecule has 3 heteroatoms. The van der Waals surface area contributed by atoms with Crippen molar-refractivity contribution in [2.75, 3.05) is 6.61 Å². The van der Waals surface area contributed by atoms with E-state index >= 15 is 0 Å². The third kappa shape index (κ3) is 9.57.